The summed E-state index contributed by atoms with van der Waals surface area (Å²) in [7, 11) is 0. The zero-order chi connectivity index (χ0) is 23.9. The summed E-state index contributed by atoms with van der Waals surface area (Å²) in [5.74, 6) is 0.251. The number of rotatable bonds is 10. The first-order chi connectivity index (χ1) is 16.6. The van der Waals surface area contributed by atoms with E-state index in [4.69, 9.17) is 9.47 Å². The fourth-order valence-corrected chi connectivity index (χ4v) is 4.54. The molecule has 6 nitrogen and oxygen atoms in total. The number of thiophene rings is 1. The smallest absolute Gasteiger partial charge is 0.262 e. The summed E-state index contributed by atoms with van der Waals surface area (Å²) >= 11 is 1.60. The summed E-state index contributed by atoms with van der Waals surface area (Å²) in [5, 5.41) is 2.63. The molecule has 2 aromatic heterocycles. The molecule has 0 aliphatic rings. The first-order valence-electron chi connectivity index (χ1n) is 11.1. The molecule has 0 fully saturated rings. The van der Waals surface area contributed by atoms with Crippen molar-refractivity contribution >= 4 is 33.1 Å². The summed E-state index contributed by atoms with van der Waals surface area (Å²) in [6.45, 7) is 6.86. The zero-order valence-corrected chi connectivity index (χ0v) is 19.9. The molecular formula is C26H26FN3O3S. The third-order valence-corrected chi connectivity index (χ3v) is 6.37. The Morgan fingerprint density at radius 1 is 1.06 bits per heavy atom. The lowest BCUT2D eigenvalue weighted by Gasteiger charge is -2.16. The van der Waals surface area contributed by atoms with E-state index >= 15 is 0 Å². The molecule has 0 radical (unpaired) electrons. The molecule has 0 aliphatic carbocycles. The second-order valence-corrected chi connectivity index (χ2v) is 8.73. The third kappa shape index (κ3) is 5.89. The number of hydrogen-bond donors (Lipinski definition) is 1. The first kappa shape index (κ1) is 23.7. The highest BCUT2D eigenvalue weighted by Gasteiger charge is 2.14. The number of ether oxygens (including phenoxy) is 2. The van der Waals surface area contributed by atoms with E-state index in [1.54, 1.807) is 41.8 Å². The molecule has 0 saturated heterocycles. The first-order valence-corrected chi connectivity index (χ1v) is 11.9. The van der Waals surface area contributed by atoms with Crippen LogP contribution in [0.25, 0.3) is 10.2 Å². The van der Waals surface area contributed by atoms with E-state index in [-0.39, 0.29) is 18.3 Å². The monoisotopic (exact) mass is 479 g/mol. The Labute approximate surface area is 202 Å². The fraction of sp³-hybridized carbons (Fsp3) is 0.231. The van der Waals surface area contributed by atoms with Gasteiger partial charge in [-0.3, -0.25) is 14.7 Å². The lowest BCUT2D eigenvalue weighted by molar-refractivity contribution is -0.118. The number of carbonyl (C=O) groups excluding carboxylic acids is 1. The van der Waals surface area contributed by atoms with Gasteiger partial charge in [0.05, 0.1) is 10.2 Å². The van der Waals surface area contributed by atoms with E-state index in [0.29, 0.717) is 17.2 Å². The van der Waals surface area contributed by atoms with Crippen molar-refractivity contribution in [1.29, 1.82) is 0 Å². The van der Waals surface area contributed by atoms with Crippen LogP contribution in [0.4, 0.5) is 10.1 Å². The highest BCUT2D eigenvalue weighted by molar-refractivity contribution is 7.19. The Bertz CT molecular complexity index is 1260. The number of aromatic nitrogens is 1. The molecule has 0 atom stereocenters. The third-order valence-electron chi connectivity index (χ3n) is 5.25. The Balaban J connectivity index is 1.43. The van der Waals surface area contributed by atoms with Crippen molar-refractivity contribution in [1.82, 2.24) is 9.88 Å². The Hall–Kier alpha value is -3.49. The van der Waals surface area contributed by atoms with Crippen LogP contribution in [0, 0.1) is 5.82 Å². The molecule has 2 heterocycles. The van der Waals surface area contributed by atoms with Gasteiger partial charge in [0.15, 0.2) is 18.2 Å². The summed E-state index contributed by atoms with van der Waals surface area (Å²) in [6.07, 6.45) is 1.66. The number of anilines is 1. The second kappa shape index (κ2) is 11.1. The molecule has 0 unspecified atom stereocenters. The molecular weight excluding hydrogens is 453 g/mol. The van der Waals surface area contributed by atoms with Gasteiger partial charge in [-0.15, -0.1) is 11.3 Å². The molecule has 34 heavy (non-hydrogen) atoms. The number of nitrogens with zero attached hydrogens (tertiary/aromatic N) is 2. The molecule has 2 aromatic carbocycles. The normalized spacial score (nSPS) is 11.1. The van der Waals surface area contributed by atoms with Crippen LogP contribution < -0.4 is 14.8 Å². The second-order valence-electron chi connectivity index (χ2n) is 7.59. The van der Waals surface area contributed by atoms with Crippen LogP contribution in [0.3, 0.4) is 0 Å². The van der Waals surface area contributed by atoms with Gasteiger partial charge in [0.25, 0.3) is 5.91 Å². The molecule has 4 aromatic rings. The van der Waals surface area contributed by atoms with E-state index in [1.807, 2.05) is 18.2 Å². The minimum Gasteiger partial charge on any atom is -0.484 e. The number of fused-ring (bicyclic) bond motifs is 1. The number of hydrogen-bond acceptors (Lipinski definition) is 6. The van der Waals surface area contributed by atoms with E-state index in [2.05, 4.69) is 35.1 Å². The molecule has 176 valence electrons. The van der Waals surface area contributed by atoms with Crippen LogP contribution in [0.1, 0.15) is 18.7 Å². The quantitative estimate of drug-likeness (QED) is 0.298. The van der Waals surface area contributed by atoms with Gasteiger partial charge in [-0.2, -0.15) is 0 Å². The highest BCUT2D eigenvalue weighted by Crippen LogP contribution is 2.36. The van der Waals surface area contributed by atoms with Gasteiger partial charge in [-0.25, -0.2) is 4.39 Å². The minimum absolute atomic E-state index is 0.0738. The topological polar surface area (TPSA) is 63.7 Å². The molecule has 0 aliphatic heterocycles. The predicted molar refractivity (Wildman–Crippen MR) is 133 cm³/mol. The lowest BCUT2D eigenvalue weighted by Crippen LogP contribution is -2.21. The molecule has 0 spiro atoms. The average Bonchev–Trinajstić information content (AvgIpc) is 3.27. The maximum atomic E-state index is 14.8. The number of nitrogens with one attached hydrogen (secondary N) is 1. The number of benzene rings is 2. The van der Waals surface area contributed by atoms with Gasteiger partial charge in [-0.05, 0) is 43.4 Å². The Morgan fingerprint density at radius 3 is 2.59 bits per heavy atom. The summed E-state index contributed by atoms with van der Waals surface area (Å²) < 4.78 is 27.0. The number of halogens is 1. The largest absolute Gasteiger partial charge is 0.484 e. The van der Waals surface area contributed by atoms with Crippen molar-refractivity contribution in [3.05, 3.63) is 77.6 Å². The molecule has 8 heteroatoms. The van der Waals surface area contributed by atoms with Crippen molar-refractivity contribution in [2.24, 2.45) is 0 Å². The zero-order valence-electron chi connectivity index (χ0n) is 19.1. The standard InChI is InChI=1S/C26H26FN3O3S/c1-3-30(4-2)16-20-15-22-26(34-20)24(12-13-28-22)33-23-11-10-18(14-21(23)27)29-25(31)17-32-19-8-6-5-7-9-19/h5-15H,3-4,16-17H2,1-2H3,(H,29,31). The van der Waals surface area contributed by atoms with Crippen LogP contribution in [-0.2, 0) is 11.3 Å². The van der Waals surface area contributed by atoms with Crippen molar-refractivity contribution in [3.8, 4) is 17.2 Å². The van der Waals surface area contributed by atoms with Crippen molar-refractivity contribution in [3.63, 3.8) is 0 Å². The van der Waals surface area contributed by atoms with Gasteiger partial charge in [0.2, 0.25) is 0 Å². The SMILES string of the molecule is CCN(CC)Cc1cc2nccc(Oc3ccc(NC(=O)COc4ccccc4)cc3F)c2s1. The van der Waals surface area contributed by atoms with Crippen molar-refractivity contribution in [2.75, 3.05) is 25.0 Å². The number of amides is 1. The Morgan fingerprint density at radius 2 is 1.85 bits per heavy atom. The Kier molecular flexibility index (Phi) is 7.72. The summed E-state index contributed by atoms with van der Waals surface area (Å²) in [5.41, 5.74) is 1.15. The van der Waals surface area contributed by atoms with Crippen LogP contribution in [0.5, 0.6) is 17.2 Å². The highest BCUT2D eigenvalue weighted by atomic mass is 32.1. The maximum Gasteiger partial charge on any atom is 0.262 e. The minimum atomic E-state index is -0.577. The van der Waals surface area contributed by atoms with Crippen molar-refractivity contribution < 1.29 is 18.7 Å². The van der Waals surface area contributed by atoms with Crippen LogP contribution in [0.2, 0.25) is 0 Å². The van der Waals surface area contributed by atoms with E-state index in [9.17, 15) is 9.18 Å². The van der Waals surface area contributed by atoms with Crippen LogP contribution >= 0.6 is 11.3 Å². The van der Waals surface area contributed by atoms with Gasteiger partial charge < -0.3 is 14.8 Å². The fourth-order valence-electron chi connectivity index (χ4n) is 3.43. The van der Waals surface area contributed by atoms with Crippen LogP contribution in [-0.4, -0.2) is 35.5 Å². The van der Waals surface area contributed by atoms with Gasteiger partial charge in [-0.1, -0.05) is 32.0 Å². The van der Waals surface area contributed by atoms with E-state index in [0.717, 1.165) is 29.9 Å². The lowest BCUT2D eigenvalue weighted by atomic mass is 10.2. The maximum absolute atomic E-state index is 14.8. The predicted octanol–water partition coefficient (Wildman–Crippen LogP) is 6.09. The molecule has 1 amide bonds. The molecule has 0 bridgehead atoms. The molecule has 0 saturated carbocycles. The summed E-state index contributed by atoms with van der Waals surface area (Å²) in [6, 6.07) is 17.1. The van der Waals surface area contributed by atoms with Gasteiger partial charge >= 0.3 is 0 Å². The van der Waals surface area contributed by atoms with Gasteiger partial charge in [0, 0.05) is 35.4 Å². The van der Waals surface area contributed by atoms with E-state index < -0.39 is 5.82 Å². The summed E-state index contributed by atoms with van der Waals surface area (Å²) in [4.78, 5) is 20.1. The van der Waals surface area contributed by atoms with Gasteiger partial charge in [0.1, 0.15) is 11.5 Å². The average molecular weight is 480 g/mol. The number of carbonyl (C=O) groups is 1. The van der Waals surface area contributed by atoms with E-state index in [1.165, 1.54) is 17.0 Å². The molecule has 1 N–H and O–H groups in total. The van der Waals surface area contributed by atoms with Crippen LogP contribution in [0.15, 0.2) is 66.9 Å². The number of para-hydroxylation sites is 1. The van der Waals surface area contributed by atoms with Crippen molar-refractivity contribution in [2.45, 2.75) is 20.4 Å². The molecule has 4 rings (SSSR count). The number of pyridine rings is 1.